The highest BCUT2D eigenvalue weighted by Gasteiger charge is 2.14. The predicted octanol–water partition coefficient (Wildman–Crippen LogP) is 2.90. The first kappa shape index (κ1) is 13.4. The van der Waals surface area contributed by atoms with Crippen LogP contribution in [0.25, 0.3) is 0 Å². The van der Waals surface area contributed by atoms with Gasteiger partial charge in [0.25, 0.3) is 0 Å². The second-order valence-electron chi connectivity index (χ2n) is 4.63. The number of phenols is 2. The lowest BCUT2D eigenvalue weighted by Crippen LogP contribution is -2.22. The Kier molecular flexibility index (Phi) is 4.02. The molecule has 100 valence electrons. The molecule has 0 saturated carbocycles. The zero-order valence-corrected chi connectivity index (χ0v) is 11.0. The molecule has 0 radical (unpaired) electrons. The van der Waals surface area contributed by atoms with Gasteiger partial charge in [-0.25, -0.2) is 0 Å². The van der Waals surface area contributed by atoms with Crippen LogP contribution in [0.4, 0.5) is 0 Å². The van der Waals surface area contributed by atoms with Gasteiger partial charge in [-0.15, -0.1) is 0 Å². The summed E-state index contributed by atoms with van der Waals surface area (Å²) in [5.41, 5.74) is 1.81. The van der Waals surface area contributed by atoms with E-state index in [1.54, 1.807) is 18.5 Å². The van der Waals surface area contributed by atoms with Gasteiger partial charge in [0.05, 0.1) is 0 Å². The Bertz CT molecular complexity index is 543. The highest BCUT2D eigenvalue weighted by atomic mass is 16.3. The normalized spacial score (nSPS) is 14.0. The SMILES string of the molecule is CC(N[C@H](C)c1ccncc1)c1cc(O)ccc1O. The van der Waals surface area contributed by atoms with Crippen molar-refractivity contribution in [3.05, 3.63) is 53.9 Å². The molecular formula is C15H18N2O2. The van der Waals surface area contributed by atoms with Gasteiger partial charge in [0.1, 0.15) is 11.5 Å². The first-order valence-corrected chi connectivity index (χ1v) is 6.26. The Labute approximate surface area is 112 Å². The zero-order valence-electron chi connectivity index (χ0n) is 11.0. The van der Waals surface area contributed by atoms with Crippen LogP contribution in [0.15, 0.2) is 42.7 Å². The van der Waals surface area contributed by atoms with E-state index in [9.17, 15) is 10.2 Å². The molecule has 0 amide bonds. The van der Waals surface area contributed by atoms with Gasteiger partial charge >= 0.3 is 0 Å². The minimum atomic E-state index is -0.0738. The van der Waals surface area contributed by atoms with Crippen LogP contribution in [0, 0.1) is 0 Å². The van der Waals surface area contributed by atoms with Crippen LogP contribution in [0.3, 0.4) is 0 Å². The van der Waals surface area contributed by atoms with E-state index in [1.807, 2.05) is 26.0 Å². The van der Waals surface area contributed by atoms with Crippen molar-refractivity contribution in [3.8, 4) is 11.5 Å². The van der Waals surface area contributed by atoms with Crippen molar-refractivity contribution in [2.45, 2.75) is 25.9 Å². The highest BCUT2D eigenvalue weighted by molar-refractivity contribution is 5.40. The fourth-order valence-corrected chi connectivity index (χ4v) is 2.10. The summed E-state index contributed by atoms with van der Waals surface area (Å²) in [6, 6.07) is 8.50. The van der Waals surface area contributed by atoms with Crippen LogP contribution in [0.5, 0.6) is 11.5 Å². The van der Waals surface area contributed by atoms with E-state index in [-0.39, 0.29) is 23.6 Å². The van der Waals surface area contributed by atoms with Gasteiger partial charge in [-0.2, -0.15) is 0 Å². The maximum Gasteiger partial charge on any atom is 0.120 e. The molecular weight excluding hydrogens is 240 g/mol. The smallest absolute Gasteiger partial charge is 0.120 e. The molecule has 0 aliphatic heterocycles. The molecule has 2 atom stereocenters. The second kappa shape index (κ2) is 5.71. The first-order valence-electron chi connectivity index (χ1n) is 6.26. The van der Waals surface area contributed by atoms with Crippen molar-refractivity contribution < 1.29 is 10.2 Å². The second-order valence-corrected chi connectivity index (χ2v) is 4.63. The Morgan fingerprint density at radius 1 is 1.00 bits per heavy atom. The molecule has 4 heteroatoms. The lowest BCUT2D eigenvalue weighted by molar-refractivity contribution is 0.429. The average molecular weight is 258 g/mol. The van der Waals surface area contributed by atoms with E-state index in [4.69, 9.17) is 0 Å². The number of aromatic nitrogens is 1. The molecule has 1 aromatic heterocycles. The number of phenolic OH excluding ortho intramolecular Hbond substituents is 2. The fourth-order valence-electron chi connectivity index (χ4n) is 2.10. The van der Waals surface area contributed by atoms with Crippen molar-refractivity contribution in [3.63, 3.8) is 0 Å². The summed E-state index contributed by atoms with van der Waals surface area (Å²) in [5, 5.41) is 22.7. The molecule has 2 rings (SSSR count). The van der Waals surface area contributed by atoms with Gasteiger partial charge in [0.2, 0.25) is 0 Å². The van der Waals surface area contributed by atoms with Gasteiger partial charge in [0, 0.05) is 30.0 Å². The Morgan fingerprint density at radius 3 is 2.37 bits per heavy atom. The summed E-state index contributed by atoms with van der Waals surface area (Å²) in [4.78, 5) is 3.99. The molecule has 3 N–H and O–H groups in total. The molecule has 0 bridgehead atoms. The van der Waals surface area contributed by atoms with Crippen LogP contribution in [-0.2, 0) is 0 Å². The van der Waals surface area contributed by atoms with Gasteiger partial charge in [-0.3, -0.25) is 4.98 Å². The van der Waals surface area contributed by atoms with E-state index >= 15 is 0 Å². The monoisotopic (exact) mass is 258 g/mol. The number of hydrogen-bond acceptors (Lipinski definition) is 4. The average Bonchev–Trinajstić information content (AvgIpc) is 2.42. The maximum atomic E-state index is 9.83. The van der Waals surface area contributed by atoms with Gasteiger partial charge in [-0.1, -0.05) is 0 Å². The summed E-state index contributed by atoms with van der Waals surface area (Å²) in [7, 11) is 0. The summed E-state index contributed by atoms with van der Waals surface area (Å²) < 4.78 is 0. The maximum absolute atomic E-state index is 9.83. The zero-order chi connectivity index (χ0) is 13.8. The number of benzene rings is 1. The Hall–Kier alpha value is -2.07. The van der Waals surface area contributed by atoms with Crippen LogP contribution >= 0.6 is 0 Å². The number of pyridine rings is 1. The quantitative estimate of drug-likeness (QED) is 0.738. The Balaban J connectivity index is 2.13. The first-order chi connectivity index (χ1) is 9.08. The van der Waals surface area contributed by atoms with E-state index < -0.39 is 0 Å². The lowest BCUT2D eigenvalue weighted by Gasteiger charge is -2.21. The largest absolute Gasteiger partial charge is 0.508 e. The number of nitrogens with zero attached hydrogens (tertiary/aromatic N) is 1. The summed E-state index contributed by atoms with van der Waals surface area (Å²) >= 11 is 0. The van der Waals surface area contributed by atoms with Crippen LogP contribution < -0.4 is 5.32 Å². The third-order valence-corrected chi connectivity index (χ3v) is 3.18. The topological polar surface area (TPSA) is 65.4 Å². The minimum absolute atomic E-state index is 0.0738. The van der Waals surface area contributed by atoms with Gasteiger partial charge in [0.15, 0.2) is 0 Å². The molecule has 0 saturated heterocycles. The van der Waals surface area contributed by atoms with Crippen molar-refractivity contribution >= 4 is 0 Å². The highest BCUT2D eigenvalue weighted by Crippen LogP contribution is 2.29. The molecule has 19 heavy (non-hydrogen) atoms. The molecule has 1 aromatic carbocycles. The Morgan fingerprint density at radius 2 is 1.68 bits per heavy atom. The van der Waals surface area contributed by atoms with Crippen molar-refractivity contribution in [1.29, 1.82) is 0 Å². The van der Waals surface area contributed by atoms with E-state index in [2.05, 4.69) is 10.3 Å². The van der Waals surface area contributed by atoms with E-state index in [0.29, 0.717) is 5.56 Å². The van der Waals surface area contributed by atoms with Crippen molar-refractivity contribution in [1.82, 2.24) is 10.3 Å². The van der Waals surface area contributed by atoms with Crippen LogP contribution in [-0.4, -0.2) is 15.2 Å². The fraction of sp³-hybridized carbons (Fsp3) is 0.267. The molecule has 0 fully saturated rings. The molecule has 1 unspecified atom stereocenters. The number of aromatic hydroxyl groups is 2. The molecule has 0 spiro atoms. The summed E-state index contributed by atoms with van der Waals surface area (Å²) in [6.07, 6.45) is 3.51. The van der Waals surface area contributed by atoms with Crippen molar-refractivity contribution in [2.75, 3.05) is 0 Å². The number of rotatable bonds is 4. The van der Waals surface area contributed by atoms with Crippen LogP contribution in [0.2, 0.25) is 0 Å². The van der Waals surface area contributed by atoms with E-state index in [1.165, 1.54) is 12.1 Å². The lowest BCUT2D eigenvalue weighted by atomic mass is 10.0. The van der Waals surface area contributed by atoms with Gasteiger partial charge in [-0.05, 0) is 49.7 Å². The minimum Gasteiger partial charge on any atom is -0.508 e. The summed E-state index contributed by atoms with van der Waals surface area (Å²) in [6.45, 7) is 4.00. The number of hydrogen-bond donors (Lipinski definition) is 3. The number of nitrogens with one attached hydrogen (secondary N) is 1. The van der Waals surface area contributed by atoms with Crippen LogP contribution in [0.1, 0.15) is 37.1 Å². The molecule has 1 heterocycles. The van der Waals surface area contributed by atoms with Crippen molar-refractivity contribution in [2.24, 2.45) is 0 Å². The van der Waals surface area contributed by atoms with Gasteiger partial charge < -0.3 is 15.5 Å². The predicted molar refractivity (Wildman–Crippen MR) is 74.0 cm³/mol. The molecule has 4 nitrogen and oxygen atoms in total. The molecule has 0 aliphatic rings. The standard InChI is InChI=1S/C15H18N2O2/c1-10(12-5-7-16-8-6-12)17-11(2)14-9-13(18)3-4-15(14)19/h3-11,17-19H,1-2H3/t10-,11?/m1/s1. The third kappa shape index (κ3) is 3.23. The molecule has 0 aliphatic carbocycles. The third-order valence-electron chi connectivity index (χ3n) is 3.18. The van der Waals surface area contributed by atoms with E-state index in [0.717, 1.165) is 5.56 Å². The molecule has 2 aromatic rings. The summed E-state index contributed by atoms with van der Waals surface area (Å²) in [5.74, 6) is 0.331.